The van der Waals surface area contributed by atoms with Crippen LogP contribution in [0.4, 0.5) is 0 Å². The van der Waals surface area contributed by atoms with Crippen molar-refractivity contribution < 1.29 is 14.7 Å². The van der Waals surface area contributed by atoms with E-state index in [9.17, 15) is 9.59 Å². The van der Waals surface area contributed by atoms with Gasteiger partial charge in [0.25, 0.3) is 5.91 Å². The van der Waals surface area contributed by atoms with Crippen LogP contribution < -0.4 is 0 Å². The maximum atomic E-state index is 12.0. The average molecular weight is 241 g/mol. The Morgan fingerprint density at radius 1 is 1.62 bits per heavy atom. The number of amides is 1. The molecule has 1 aliphatic heterocycles. The highest BCUT2D eigenvalue weighted by Crippen LogP contribution is 2.18. The summed E-state index contributed by atoms with van der Waals surface area (Å²) in [6, 6.07) is 0.803. The summed E-state index contributed by atoms with van der Waals surface area (Å²) >= 11 is 1.55. The Morgan fingerprint density at radius 2 is 2.44 bits per heavy atom. The number of aromatic amines is 1. The van der Waals surface area contributed by atoms with E-state index in [0.29, 0.717) is 18.0 Å². The predicted octanol–water partition coefficient (Wildman–Crippen LogP) is 0.0519. The van der Waals surface area contributed by atoms with Crippen LogP contribution in [0.3, 0.4) is 0 Å². The lowest BCUT2D eigenvalue weighted by Crippen LogP contribution is -2.50. The van der Waals surface area contributed by atoms with Crippen LogP contribution in [0, 0.1) is 0 Å². The van der Waals surface area contributed by atoms with Crippen LogP contribution in [0.15, 0.2) is 12.3 Å². The number of carbonyl (C=O) groups excluding carboxylic acids is 1. The Bertz CT molecular complexity index is 393. The number of carboxylic acid groups (broad SMARTS) is 1. The van der Waals surface area contributed by atoms with Crippen LogP contribution in [0.1, 0.15) is 10.5 Å². The van der Waals surface area contributed by atoms with E-state index in [2.05, 4.69) is 10.2 Å². The molecule has 1 amide bonds. The Labute approximate surface area is 96.0 Å². The number of aliphatic carboxylic acids is 1. The standard InChI is InChI=1S/C9H11N3O3S/c13-8(6-1-2-10-11-6)12-3-4-16-5-7(12)9(14)15/h1-2,7H,3-5H2,(H,10,11)(H,14,15). The SMILES string of the molecule is O=C(O)C1CSCCN1C(=O)c1ccn[nH]1. The van der Waals surface area contributed by atoms with Crippen molar-refractivity contribution in [2.75, 3.05) is 18.1 Å². The van der Waals surface area contributed by atoms with Gasteiger partial charge in [-0.2, -0.15) is 16.9 Å². The van der Waals surface area contributed by atoms with Crippen LogP contribution in [-0.2, 0) is 4.79 Å². The first kappa shape index (κ1) is 11.0. The summed E-state index contributed by atoms with van der Waals surface area (Å²) in [4.78, 5) is 24.3. The molecule has 0 saturated carbocycles. The zero-order chi connectivity index (χ0) is 11.5. The second-order valence-corrected chi connectivity index (χ2v) is 4.55. The topological polar surface area (TPSA) is 86.3 Å². The van der Waals surface area contributed by atoms with E-state index in [1.54, 1.807) is 17.8 Å². The molecule has 2 heterocycles. The predicted molar refractivity (Wildman–Crippen MR) is 58.4 cm³/mol. The summed E-state index contributed by atoms with van der Waals surface area (Å²) in [7, 11) is 0. The van der Waals surface area contributed by atoms with Gasteiger partial charge < -0.3 is 10.0 Å². The number of hydrogen-bond donors (Lipinski definition) is 2. The first-order valence-corrected chi connectivity index (χ1v) is 5.96. The number of nitrogens with zero attached hydrogens (tertiary/aromatic N) is 2. The summed E-state index contributed by atoms with van der Waals surface area (Å²) in [6.07, 6.45) is 1.47. The Kier molecular flexibility index (Phi) is 3.14. The number of hydrogen-bond acceptors (Lipinski definition) is 4. The van der Waals surface area contributed by atoms with Gasteiger partial charge in [-0.25, -0.2) is 4.79 Å². The van der Waals surface area contributed by atoms with E-state index in [4.69, 9.17) is 5.11 Å². The van der Waals surface area contributed by atoms with Crippen LogP contribution in [0.2, 0.25) is 0 Å². The monoisotopic (exact) mass is 241 g/mol. The molecule has 16 heavy (non-hydrogen) atoms. The fourth-order valence-electron chi connectivity index (χ4n) is 1.58. The minimum Gasteiger partial charge on any atom is -0.480 e. The van der Waals surface area contributed by atoms with Gasteiger partial charge in [-0.15, -0.1) is 0 Å². The van der Waals surface area contributed by atoms with E-state index in [0.717, 1.165) is 5.75 Å². The summed E-state index contributed by atoms with van der Waals surface area (Å²) < 4.78 is 0. The number of thioether (sulfide) groups is 1. The molecule has 1 atom stereocenters. The largest absolute Gasteiger partial charge is 0.480 e. The highest BCUT2D eigenvalue weighted by atomic mass is 32.2. The fourth-order valence-corrected chi connectivity index (χ4v) is 2.62. The molecular weight excluding hydrogens is 230 g/mol. The number of nitrogens with one attached hydrogen (secondary N) is 1. The molecule has 0 aliphatic carbocycles. The maximum absolute atomic E-state index is 12.0. The van der Waals surface area contributed by atoms with Gasteiger partial charge in [0.05, 0.1) is 0 Å². The van der Waals surface area contributed by atoms with Crippen molar-refractivity contribution in [1.82, 2.24) is 15.1 Å². The van der Waals surface area contributed by atoms with Crippen molar-refractivity contribution in [2.45, 2.75) is 6.04 Å². The number of carbonyl (C=O) groups is 2. The van der Waals surface area contributed by atoms with E-state index >= 15 is 0 Å². The van der Waals surface area contributed by atoms with Gasteiger partial charge in [-0.05, 0) is 6.07 Å². The van der Waals surface area contributed by atoms with Crippen molar-refractivity contribution in [3.05, 3.63) is 18.0 Å². The highest BCUT2D eigenvalue weighted by molar-refractivity contribution is 7.99. The van der Waals surface area contributed by atoms with E-state index in [1.165, 1.54) is 11.1 Å². The number of H-pyrrole nitrogens is 1. The molecule has 86 valence electrons. The van der Waals surface area contributed by atoms with Crippen molar-refractivity contribution in [2.24, 2.45) is 0 Å². The molecule has 1 unspecified atom stereocenters. The second kappa shape index (κ2) is 4.56. The molecular formula is C9H11N3O3S. The van der Waals surface area contributed by atoms with Crippen LogP contribution >= 0.6 is 11.8 Å². The molecule has 2 rings (SSSR count). The summed E-state index contributed by atoms with van der Waals surface area (Å²) in [6.45, 7) is 0.458. The lowest BCUT2D eigenvalue weighted by atomic mass is 10.2. The first-order chi connectivity index (χ1) is 7.70. The zero-order valence-electron chi connectivity index (χ0n) is 8.42. The zero-order valence-corrected chi connectivity index (χ0v) is 9.24. The number of rotatable bonds is 2. The number of carboxylic acids is 1. The fraction of sp³-hybridized carbons (Fsp3) is 0.444. The maximum Gasteiger partial charge on any atom is 0.327 e. The molecule has 0 bridgehead atoms. The smallest absolute Gasteiger partial charge is 0.327 e. The molecule has 1 aliphatic rings. The highest BCUT2D eigenvalue weighted by Gasteiger charge is 2.33. The van der Waals surface area contributed by atoms with Crippen LogP contribution in [-0.4, -0.2) is 56.2 Å². The molecule has 0 spiro atoms. The van der Waals surface area contributed by atoms with Crippen molar-refractivity contribution >= 4 is 23.6 Å². The molecule has 6 nitrogen and oxygen atoms in total. The van der Waals surface area contributed by atoms with E-state index < -0.39 is 12.0 Å². The van der Waals surface area contributed by atoms with Crippen molar-refractivity contribution in [3.8, 4) is 0 Å². The van der Waals surface area contributed by atoms with Gasteiger partial charge in [0.15, 0.2) is 0 Å². The molecule has 1 saturated heterocycles. The summed E-state index contributed by atoms with van der Waals surface area (Å²) in [5, 5.41) is 15.3. The molecule has 2 N–H and O–H groups in total. The van der Waals surface area contributed by atoms with Crippen molar-refractivity contribution in [3.63, 3.8) is 0 Å². The Hall–Kier alpha value is -1.50. The second-order valence-electron chi connectivity index (χ2n) is 3.40. The van der Waals surface area contributed by atoms with Gasteiger partial charge in [0, 0.05) is 24.2 Å². The molecule has 1 fully saturated rings. The van der Waals surface area contributed by atoms with E-state index in [1.807, 2.05) is 0 Å². The molecule has 0 radical (unpaired) electrons. The van der Waals surface area contributed by atoms with Crippen LogP contribution in [0.25, 0.3) is 0 Å². The molecule has 1 aromatic heterocycles. The normalized spacial score (nSPS) is 20.8. The van der Waals surface area contributed by atoms with Crippen molar-refractivity contribution in [1.29, 1.82) is 0 Å². The third-order valence-electron chi connectivity index (χ3n) is 2.41. The summed E-state index contributed by atoms with van der Waals surface area (Å²) in [5.41, 5.74) is 0.332. The third-order valence-corrected chi connectivity index (χ3v) is 3.43. The molecule has 0 aromatic carbocycles. The number of aromatic nitrogens is 2. The van der Waals surface area contributed by atoms with Gasteiger partial charge in [0.2, 0.25) is 0 Å². The van der Waals surface area contributed by atoms with Gasteiger partial charge in [-0.1, -0.05) is 0 Å². The first-order valence-electron chi connectivity index (χ1n) is 4.81. The summed E-state index contributed by atoms with van der Waals surface area (Å²) in [5.74, 6) is -0.0518. The van der Waals surface area contributed by atoms with Gasteiger partial charge in [0.1, 0.15) is 11.7 Å². The molecule has 1 aromatic rings. The lowest BCUT2D eigenvalue weighted by molar-refractivity contribution is -0.141. The lowest BCUT2D eigenvalue weighted by Gasteiger charge is -2.32. The Morgan fingerprint density at radius 3 is 3.06 bits per heavy atom. The minimum absolute atomic E-state index is 0.301. The third kappa shape index (κ3) is 2.04. The van der Waals surface area contributed by atoms with E-state index in [-0.39, 0.29) is 5.91 Å². The van der Waals surface area contributed by atoms with Gasteiger partial charge in [-0.3, -0.25) is 9.89 Å². The quantitative estimate of drug-likeness (QED) is 0.764. The minimum atomic E-state index is -0.958. The molecule has 7 heteroatoms. The average Bonchev–Trinajstić information content (AvgIpc) is 2.81. The van der Waals surface area contributed by atoms with Crippen LogP contribution in [0.5, 0.6) is 0 Å². The Balaban J connectivity index is 2.17. The van der Waals surface area contributed by atoms with Gasteiger partial charge >= 0.3 is 5.97 Å².